The van der Waals surface area contributed by atoms with Crippen LogP contribution in [0.1, 0.15) is 21.6 Å². The Morgan fingerprint density at radius 2 is 1.89 bits per heavy atom. The van der Waals surface area contributed by atoms with Crippen LogP contribution in [0.15, 0.2) is 53.0 Å². The van der Waals surface area contributed by atoms with Crippen molar-refractivity contribution in [3.8, 4) is 17.0 Å². The third-order valence-corrected chi connectivity index (χ3v) is 5.36. The highest BCUT2D eigenvalue weighted by Gasteiger charge is 2.18. The molecule has 0 atom stereocenters. The maximum Gasteiger partial charge on any atom is 0.271 e. The van der Waals surface area contributed by atoms with E-state index in [0.717, 1.165) is 33.5 Å². The molecule has 3 rings (SSSR count). The van der Waals surface area contributed by atoms with E-state index in [1.165, 1.54) is 5.56 Å². The summed E-state index contributed by atoms with van der Waals surface area (Å²) in [5.41, 5.74) is 4.72. The molecule has 0 aliphatic carbocycles. The summed E-state index contributed by atoms with van der Waals surface area (Å²) in [4.78, 5) is 14.6. The molecule has 0 N–H and O–H groups in total. The fourth-order valence-corrected chi connectivity index (χ4v) is 3.58. The van der Waals surface area contributed by atoms with Crippen molar-refractivity contribution in [2.45, 2.75) is 13.3 Å². The molecule has 0 fully saturated rings. The van der Waals surface area contributed by atoms with Gasteiger partial charge in [-0.05, 0) is 53.0 Å². The van der Waals surface area contributed by atoms with Crippen molar-refractivity contribution in [1.29, 1.82) is 0 Å². The highest BCUT2D eigenvalue weighted by atomic mass is 79.9. The Morgan fingerprint density at radius 3 is 2.54 bits per heavy atom. The van der Waals surface area contributed by atoms with Crippen molar-refractivity contribution in [1.82, 2.24) is 14.7 Å². The number of amides is 1. The quantitative estimate of drug-likeness (QED) is 0.566. The zero-order valence-corrected chi connectivity index (χ0v) is 18.2. The van der Waals surface area contributed by atoms with Gasteiger partial charge in [-0.3, -0.25) is 9.48 Å². The minimum Gasteiger partial charge on any atom is -0.496 e. The lowest BCUT2D eigenvalue weighted by atomic mass is 10.1. The number of carbonyl (C=O) groups excluding carboxylic acids is 1. The van der Waals surface area contributed by atoms with Crippen molar-refractivity contribution in [2.75, 3.05) is 20.7 Å². The van der Waals surface area contributed by atoms with Crippen LogP contribution in [-0.2, 0) is 13.5 Å². The first-order valence-electron chi connectivity index (χ1n) is 9.08. The molecule has 0 spiro atoms. The highest BCUT2D eigenvalue weighted by molar-refractivity contribution is 9.10. The number of likely N-dealkylation sites (N-methyl/N-ethyl adjacent to an activating group) is 1. The van der Waals surface area contributed by atoms with Crippen LogP contribution in [0, 0.1) is 6.92 Å². The van der Waals surface area contributed by atoms with Crippen LogP contribution >= 0.6 is 15.9 Å². The molecule has 0 bridgehead atoms. The number of hydrogen-bond acceptors (Lipinski definition) is 3. The Labute approximate surface area is 174 Å². The highest BCUT2D eigenvalue weighted by Crippen LogP contribution is 2.26. The monoisotopic (exact) mass is 441 g/mol. The van der Waals surface area contributed by atoms with Crippen molar-refractivity contribution in [3.63, 3.8) is 0 Å². The predicted molar refractivity (Wildman–Crippen MR) is 115 cm³/mol. The van der Waals surface area contributed by atoms with Crippen LogP contribution in [0.3, 0.4) is 0 Å². The molecule has 5 nitrogen and oxygen atoms in total. The zero-order valence-electron chi connectivity index (χ0n) is 16.6. The molecule has 0 saturated carbocycles. The van der Waals surface area contributed by atoms with Gasteiger partial charge in [-0.25, -0.2) is 0 Å². The minimum absolute atomic E-state index is 0.0408. The minimum atomic E-state index is -0.0408. The number of methoxy groups -OCH3 is 1. The third kappa shape index (κ3) is 4.44. The molecule has 1 heterocycles. The summed E-state index contributed by atoms with van der Waals surface area (Å²) in [6.45, 7) is 2.66. The summed E-state index contributed by atoms with van der Waals surface area (Å²) in [6.07, 6.45) is 0.757. The van der Waals surface area contributed by atoms with E-state index in [9.17, 15) is 4.79 Å². The van der Waals surface area contributed by atoms with Gasteiger partial charge in [0.1, 0.15) is 11.4 Å². The number of ether oxygens (including phenoxy) is 1. The molecule has 2 aromatic carbocycles. The molecule has 0 unspecified atom stereocenters. The molecule has 0 aliphatic heterocycles. The fraction of sp³-hybridized carbons (Fsp3) is 0.273. The molecular weight excluding hydrogens is 418 g/mol. The molecule has 6 heteroatoms. The van der Waals surface area contributed by atoms with Crippen LogP contribution in [0.5, 0.6) is 5.75 Å². The maximum atomic E-state index is 12.9. The van der Waals surface area contributed by atoms with Gasteiger partial charge in [-0.1, -0.05) is 35.9 Å². The third-order valence-electron chi connectivity index (χ3n) is 4.75. The summed E-state index contributed by atoms with van der Waals surface area (Å²) in [6, 6.07) is 16.0. The van der Waals surface area contributed by atoms with E-state index >= 15 is 0 Å². The first-order chi connectivity index (χ1) is 13.4. The van der Waals surface area contributed by atoms with Gasteiger partial charge in [0, 0.05) is 26.2 Å². The number of aryl methyl sites for hydroxylation is 2. The standard InChI is InChI=1S/C22H24BrN3O2/c1-15-5-8-17(9-6-15)19-14-20(26(3)24-19)22(27)25(2)12-11-16-7-10-21(28-4)18(23)13-16/h5-10,13-14H,11-12H2,1-4H3. The van der Waals surface area contributed by atoms with Crippen LogP contribution in [0.4, 0.5) is 0 Å². The summed E-state index contributed by atoms with van der Waals surface area (Å²) < 4.78 is 7.82. The number of benzene rings is 2. The average Bonchev–Trinajstić information content (AvgIpc) is 3.07. The van der Waals surface area contributed by atoms with E-state index in [1.54, 1.807) is 23.7 Å². The normalized spacial score (nSPS) is 10.8. The van der Waals surface area contributed by atoms with E-state index < -0.39 is 0 Å². The summed E-state index contributed by atoms with van der Waals surface area (Å²) in [5.74, 6) is 0.757. The van der Waals surface area contributed by atoms with Gasteiger partial charge < -0.3 is 9.64 Å². The lowest BCUT2D eigenvalue weighted by Crippen LogP contribution is -2.30. The van der Waals surface area contributed by atoms with Gasteiger partial charge in [0.05, 0.1) is 17.3 Å². The van der Waals surface area contributed by atoms with Crippen molar-refractivity contribution in [2.24, 2.45) is 7.05 Å². The fourth-order valence-electron chi connectivity index (χ4n) is 2.99. The Morgan fingerprint density at radius 1 is 1.18 bits per heavy atom. The zero-order chi connectivity index (χ0) is 20.3. The molecule has 1 amide bonds. The van der Waals surface area contributed by atoms with Crippen LogP contribution in [-0.4, -0.2) is 41.3 Å². The smallest absolute Gasteiger partial charge is 0.271 e. The largest absolute Gasteiger partial charge is 0.496 e. The van der Waals surface area contributed by atoms with E-state index in [4.69, 9.17) is 4.74 Å². The van der Waals surface area contributed by atoms with E-state index in [2.05, 4.69) is 21.0 Å². The lowest BCUT2D eigenvalue weighted by Gasteiger charge is -2.17. The average molecular weight is 442 g/mol. The van der Waals surface area contributed by atoms with Gasteiger partial charge in [-0.15, -0.1) is 0 Å². The van der Waals surface area contributed by atoms with Crippen molar-refractivity contribution >= 4 is 21.8 Å². The number of aromatic nitrogens is 2. The van der Waals surface area contributed by atoms with Crippen molar-refractivity contribution < 1.29 is 9.53 Å². The molecule has 1 aromatic heterocycles. The predicted octanol–water partition coefficient (Wildman–Crippen LogP) is 4.48. The number of nitrogens with zero attached hydrogens (tertiary/aromatic N) is 3. The van der Waals surface area contributed by atoms with Gasteiger partial charge >= 0.3 is 0 Å². The van der Waals surface area contributed by atoms with E-state index in [0.29, 0.717) is 12.2 Å². The van der Waals surface area contributed by atoms with Gasteiger partial charge in [0.15, 0.2) is 0 Å². The van der Waals surface area contributed by atoms with Crippen LogP contribution in [0.2, 0.25) is 0 Å². The molecule has 3 aromatic rings. The Balaban J connectivity index is 1.69. The Bertz CT molecular complexity index is 980. The lowest BCUT2D eigenvalue weighted by molar-refractivity contribution is 0.0786. The summed E-state index contributed by atoms with van der Waals surface area (Å²) in [7, 11) is 5.27. The van der Waals surface area contributed by atoms with Gasteiger partial charge in [-0.2, -0.15) is 5.10 Å². The second-order valence-corrected chi connectivity index (χ2v) is 7.70. The van der Waals surface area contributed by atoms with Crippen LogP contribution < -0.4 is 4.74 Å². The Hall–Kier alpha value is -2.60. The summed E-state index contributed by atoms with van der Waals surface area (Å²) in [5, 5.41) is 4.51. The molecule has 28 heavy (non-hydrogen) atoms. The second kappa shape index (κ2) is 8.61. The molecular formula is C22H24BrN3O2. The van der Waals surface area contributed by atoms with Crippen LogP contribution in [0.25, 0.3) is 11.3 Å². The molecule has 0 aliphatic rings. The van der Waals surface area contributed by atoms with Gasteiger partial charge in [0.25, 0.3) is 5.91 Å². The second-order valence-electron chi connectivity index (χ2n) is 6.85. The molecule has 0 radical (unpaired) electrons. The molecule has 0 saturated heterocycles. The number of halogens is 1. The van der Waals surface area contributed by atoms with E-state index in [-0.39, 0.29) is 5.91 Å². The molecule has 146 valence electrons. The first kappa shape index (κ1) is 20.1. The van der Waals surface area contributed by atoms with Gasteiger partial charge in [0.2, 0.25) is 0 Å². The Kier molecular flexibility index (Phi) is 6.19. The number of hydrogen-bond donors (Lipinski definition) is 0. The SMILES string of the molecule is COc1ccc(CCN(C)C(=O)c2cc(-c3ccc(C)cc3)nn2C)cc1Br. The van der Waals surface area contributed by atoms with Crippen molar-refractivity contribution in [3.05, 3.63) is 69.8 Å². The maximum absolute atomic E-state index is 12.9. The summed E-state index contributed by atoms with van der Waals surface area (Å²) >= 11 is 3.50. The first-order valence-corrected chi connectivity index (χ1v) is 9.87. The number of carbonyl (C=O) groups is 1. The number of rotatable bonds is 6. The van der Waals surface area contributed by atoms with E-state index in [1.807, 2.05) is 62.5 Å². The topological polar surface area (TPSA) is 47.4 Å².